The van der Waals surface area contributed by atoms with Gasteiger partial charge in [0.2, 0.25) is 0 Å². The number of nitrogens with one attached hydrogen (secondary N) is 1. The van der Waals surface area contributed by atoms with E-state index in [-0.39, 0.29) is 11.9 Å². The Hall–Kier alpha value is -1.46. The van der Waals surface area contributed by atoms with Crippen molar-refractivity contribution in [3.05, 3.63) is 17.7 Å². The SMILES string of the molecule is CCCNc1cc(C(F)(F)F)cc(N(CCC)C(C)C)n1. The normalized spacial score (nSPS) is 11.8. The van der Waals surface area contributed by atoms with Crippen LogP contribution in [0.3, 0.4) is 0 Å². The molecule has 0 aliphatic rings. The number of nitrogens with zero attached hydrogens (tertiary/aromatic N) is 2. The second-order valence-corrected chi connectivity index (χ2v) is 5.31. The lowest BCUT2D eigenvalue weighted by Gasteiger charge is -2.28. The first-order valence-corrected chi connectivity index (χ1v) is 7.39. The van der Waals surface area contributed by atoms with Crippen molar-refractivity contribution >= 4 is 11.6 Å². The predicted octanol–water partition coefficient (Wildman–Crippen LogP) is 4.55. The molecule has 1 rings (SSSR count). The molecule has 0 saturated carbocycles. The molecule has 0 atom stereocenters. The van der Waals surface area contributed by atoms with Gasteiger partial charge in [-0.1, -0.05) is 13.8 Å². The van der Waals surface area contributed by atoms with Gasteiger partial charge in [0.25, 0.3) is 0 Å². The van der Waals surface area contributed by atoms with Gasteiger partial charge in [-0.05, 0) is 38.8 Å². The molecule has 0 aliphatic carbocycles. The summed E-state index contributed by atoms with van der Waals surface area (Å²) >= 11 is 0. The first-order chi connectivity index (χ1) is 9.79. The Morgan fingerprint density at radius 1 is 1.19 bits per heavy atom. The van der Waals surface area contributed by atoms with Crippen LogP contribution in [0.15, 0.2) is 12.1 Å². The fourth-order valence-electron chi connectivity index (χ4n) is 2.05. The van der Waals surface area contributed by atoms with Crippen molar-refractivity contribution in [1.29, 1.82) is 0 Å². The highest BCUT2D eigenvalue weighted by molar-refractivity contribution is 5.51. The predicted molar refractivity (Wildman–Crippen MR) is 80.8 cm³/mol. The van der Waals surface area contributed by atoms with Crippen molar-refractivity contribution in [2.75, 3.05) is 23.3 Å². The van der Waals surface area contributed by atoms with Crippen molar-refractivity contribution in [3.8, 4) is 0 Å². The molecule has 0 aromatic carbocycles. The highest BCUT2D eigenvalue weighted by atomic mass is 19.4. The second-order valence-electron chi connectivity index (χ2n) is 5.31. The molecule has 0 spiro atoms. The van der Waals surface area contributed by atoms with Gasteiger partial charge in [0, 0.05) is 19.1 Å². The van der Waals surface area contributed by atoms with Crippen molar-refractivity contribution in [3.63, 3.8) is 0 Å². The molecule has 0 amide bonds. The Morgan fingerprint density at radius 2 is 1.86 bits per heavy atom. The maximum Gasteiger partial charge on any atom is 0.416 e. The summed E-state index contributed by atoms with van der Waals surface area (Å²) in [6, 6.07) is 2.30. The number of hydrogen-bond acceptors (Lipinski definition) is 3. The Balaban J connectivity index is 3.22. The van der Waals surface area contributed by atoms with Crippen LogP contribution in [0.4, 0.5) is 24.8 Å². The van der Waals surface area contributed by atoms with E-state index >= 15 is 0 Å². The molecule has 0 bridgehead atoms. The smallest absolute Gasteiger partial charge is 0.370 e. The molecule has 1 aromatic heterocycles. The van der Waals surface area contributed by atoms with Gasteiger partial charge in [-0.3, -0.25) is 0 Å². The fourth-order valence-corrected chi connectivity index (χ4v) is 2.05. The van der Waals surface area contributed by atoms with Crippen LogP contribution in [0, 0.1) is 0 Å². The Labute approximate surface area is 124 Å². The van der Waals surface area contributed by atoms with E-state index in [9.17, 15) is 13.2 Å². The average Bonchev–Trinajstić information content (AvgIpc) is 2.40. The van der Waals surface area contributed by atoms with Gasteiger partial charge in [-0.25, -0.2) is 4.98 Å². The van der Waals surface area contributed by atoms with Crippen LogP contribution in [0.5, 0.6) is 0 Å². The molecular formula is C15H24F3N3. The molecule has 1 N–H and O–H groups in total. The third-order valence-corrected chi connectivity index (χ3v) is 3.08. The van der Waals surface area contributed by atoms with Crippen molar-refractivity contribution < 1.29 is 13.2 Å². The molecule has 21 heavy (non-hydrogen) atoms. The van der Waals surface area contributed by atoms with Gasteiger partial charge in [-0.2, -0.15) is 13.2 Å². The zero-order valence-electron chi connectivity index (χ0n) is 13.1. The van der Waals surface area contributed by atoms with Crippen LogP contribution in [0.2, 0.25) is 0 Å². The van der Waals surface area contributed by atoms with Gasteiger partial charge >= 0.3 is 6.18 Å². The van der Waals surface area contributed by atoms with Crippen molar-refractivity contribution in [2.45, 2.75) is 52.8 Å². The molecule has 120 valence electrons. The number of rotatable bonds is 7. The minimum atomic E-state index is -4.37. The topological polar surface area (TPSA) is 28.2 Å². The molecule has 0 radical (unpaired) electrons. The number of pyridine rings is 1. The fraction of sp³-hybridized carbons (Fsp3) is 0.667. The first-order valence-electron chi connectivity index (χ1n) is 7.39. The van der Waals surface area contributed by atoms with Crippen LogP contribution in [-0.4, -0.2) is 24.1 Å². The summed E-state index contributed by atoms with van der Waals surface area (Å²) in [7, 11) is 0. The number of aromatic nitrogens is 1. The number of anilines is 2. The van der Waals surface area contributed by atoms with Crippen molar-refractivity contribution in [1.82, 2.24) is 4.98 Å². The molecule has 6 heteroatoms. The monoisotopic (exact) mass is 303 g/mol. The zero-order valence-corrected chi connectivity index (χ0v) is 13.1. The van der Waals surface area contributed by atoms with Crippen LogP contribution >= 0.6 is 0 Å². The summed E-state index contributed by atoms with van der Waals surface area (Å²) in [5, 5.41) is 2.95. The van der Waals surface area contributed by atoms with Gasteiger partial charge in [0.1, 0.15) is 11.6 Å². The van der Waals surface area contributed by atoms with E-state index in [4.69, 9.17) is 0 Å². The number of halogens is 3. The molecule has 0 saturated heterocycles. The summed E-state index contributed by atoms with van der Waals surface area (Å²) in [4.78, 5) is 6.23. The summed E-state index contributed by atoms with van der Waals surface area (Å²) < 4.78 is 39.1. The largest absolute Gasteiger partial charge is 0.416 e. The number of hydrogen-bond donors (Lipinski definition) is 1. The highest BCUT2D eigenvalue weighted by Gasteiger charge is 2.32. The van der Waals surface area contributed by atoms with Gasteiger partial charge in [0.15, 0.2) is 0 Å². The van der Waals surface area contributed by atoms with Gasteiger partial charge in [0.05, 0.1) is 5.56 Å². The zero-order chi connectivity index (χ0) is 16.0. The minimum Gasteiger partial charge on any atom is -0.370 e. The highest BCUT2D eigenvalue weighted by Crippen LogP contribution is 2.33. The quantitative estimate of drug-likeness (QED) is 0.801. The molecule has 1 heterocycles. The molecule has 0 aliphatic heterocycles. The molecule has 0 unspecified atom stereocenters. The van der Waals surface area contributed by atoms with Crippen LogP contribution in [-0.2, 0) is 6.18 Å². The van der Waals surface area contributed by atoms with Crippen LogP contribution < -0.4 is 10.2 Å². The van der Waals surface area contributed by atoms with E-state index in [0.29, 0.717) is 18.9 Å². The maximum absolute atomic E-state index is 13.0. The summed E-state index contributed by atoms with van der Waals surface area (Å²) in [5.74, 6) is 0.656. The summed E-state index contributed by atoms with van der Waals surface area (Å²) in [5.41, 5.74) is -0.659. The van der Waals surface area contributed by atoms with Crippen LogP contribution in [0.25, 0.3) is 0 Å². The summed E-state index contributed by atoms with van der Waals surface area (Å²) in [6.45, 7) is 9.15. The maximum atomic E-state index is 13.0. The molecule has 0 fully saturated rings. The third kappa shape index (κ3) is 5.10. The van der Waals surface area contributed by atoms with Gasteiger partial charge < -0.3 is 10.2 Å². The van der Waals surface area contributed by atoms with Crippen molar-refractivity contribution in [2.24, 2.45) is 0 Å². The Kier molecular flexibility index (Phi) is 6.30. The standard InChI is InChI=1S/C15H24F3N3/c1-5-7-19-13-9-12(15(16,17)18)10-14(20-13)21(8-6-2)11(3)4/h9-11H,5-8H2,1-4H3,(H,19,20). The lowest BCUT2D eigenvalue weighted by atomic mass is 10.2. The minimum absolute atomic E-state index is 0.0972. The molecular weight excluding hydrogens is 279 g/mol. The lowest BCUT2D eigenvalue weighted by molar-refractivity contribution is -0.137. The third-order valence-electron chi connectivity index (χ3n) is 3.08. The van der Waals surface area contributed by atoms with E-state index < -0.39 is 11.7 Å². The van der Waals surface area contributed by atoms with E-state index in [0.717, 1.165) is 25.0 Å². The van der Waals surface area contributed by atoms with Gasteiger partial charge in [-0.15, -0.1) is 0 Å². The van der Waals surface area contributed by atoms with E-state index in [1.807, 2.05) is 32.6 Å². The number of alkyl halides is 3. The van der Waals surface area contributed by atoms with E-state index in [2.05, 4.69) is 10.3 Å². The molecule has 1 aromatic rings. The first kappa shape index (κ1) is 17.6. The van der Waals surface area contributed by atoms with Crippen LogP contribution in [0.1, 0.15) is 46.1 Å². The summed E-state index contributed by atoms with van der Waals surface area (Å²) in [6.07, 6.45) is -2.68. The molecule has 3 nitrogen and oxygen atoms in total. The van der Waals surface area contributed by atoms with E-state index in [1.54, 1.807) is 0 Å². The Morgan fingerprint density at radius 3 is 2.33 bits per heavy atom. The second kappa shape index (κ2) is 7.52. The van der Waals surface area contributed by atoms with E-state index in [1.165, 1.54) is 0 Å². The lowest BCUT2D eigenvalue weighted by Crippen LogP contribution is -2.32. The average molecular weight is 303 g/mol. The Bertz CT molecular complexity index is 444.